The first-order valence-corrected chi connectivity index (χ1v) is 9.49. The molecule has 0 aromatic carbocycles. The Morgan fingerprint density at radius 2 is 2.35 bits per heavy atom. The number of aliphatic hydroxyl groups excluding tert-OH is 1. The quantitative estimate of drug-likeness (QED) is 0.748. The summed E-state index contributed by atoms with van der Waals surface area (Å²) in [5, 5.41) is 9.61. The SMILES string of the molecule is CC(C)OP1(=O)OC[C@H]2S[C@@H](n3ccc(N)nc3=O)[C@@H](O)[C@@H]2O1. The van der Waals surface area contributed by atoms with Crippen LogP contribution in [0, 0.1) is 0 Å². The van der Waals surface area contributed by atoms with Crippen LogP contribution in [-0.2, 0) is 18.1 Å². The molecule has 3 N–H and O–H groups in total. The van der Waals surface area contributed by atoms with Crippen molar-refractivity contribution in [2.75, 3.05) is 12.3 Å². The van der Waals surface area contributed by atoms with Gasteiger partial charge in [-0.1, -0.05) is 0 Å². The lowest BCUT2D eigenvalue weighted by molar-refractivity contribution is -0.0332. The second-order valence-corrected chi connectivity index (χ2v) is 8.50. The largest absolute Gasteiger partial charge is 0.475 e. The van der Waals surface area contributed by atoms with Crippen LogP contribution in [0.25, 0.3) is 0 Å². The van der Waals surface area contributed by atoms with Crippen molar-refractivity contribution in [1.29, 1.82) is 0 Å². The number of rotatable bonds is 3. The highest BCUT2D eigenvalue weighted by atomic mass is 32.2. The molecule has 0 saturated carbocycles. The van der Waals surface area contributed by atoms with Crippen molar-refractivity contribution < 1.29 is 23.2 Å². The van der Waals surface area contributed by atoms with E-state index in [-0.39, 0.29) is 23.8 Å². The number of thioether (sulfide) groups is 1. The van der Waals surface area contributed by atoms with Gasteiger partial charge < -0.3 is 10.8 Å². The smallest absolute Gasteiger partial charge is 0.387 e. The van der Waals surface area contributed by atoms with Crippen molar-refractivity contribution in [3.8, 4) is 0 Å². The monoisotopic (exact) mass is 363 g/mol. The van der Waals surface area contributed by atoms with Crippen LogP contribution in [0.2, 0.25) is 0 Å². The van der Waals surface area contributed by atoms with Crippen LogP contribution >= 0.6 is 19.6 Å². The van der Waals surface area contributed by atoms with E-state index in [0.717, 1.165) is 0 Å². The maximum atomic E-state index is 12.4. The number of aliphatic hydroxyl groups is 1. The highest BCUT2D eigenvalue weighted by Crippen LogP contribution is 2.60. The second kappa shape index (κ2) is 6.19. The van der Waals surface area contributed by atoms with Gasteiger partial charge in [-0.3, -0.25) is 18.1 Å². The van der Waals surface area contributed by atoms with E-state index in [2.05, 4.69) is 4.98 Å². The van der Waals surface area contributed by atoms with Gasteiger partial charge in [-0.2, -0.15) is 4.98 Å². The normalized spacial score (nSPS) is 37.0. The van der Waals surface area contributed by atoms with Gasteiger partial charge in [0, 0.05) is 6.20 Å². The highest BCUT2D eigenvalue weighted by molar-refractivity contribution is 8.00. The number of nitrogen functional groups attached to an aromatic ring is 1. The summed E-state index contributed by atoms with van der Waals surface area (Å²) in [5.74, 6) is 0.107. The van der Waals surface area contributed by atoms with Crippen molar-refractivity contribution in [3.63, 3.8) is 0 Å². The molecule has 2 fully saturated rings. The summed E-state index contributed by atoms with van der Waals surface area (Å²) in [5.41, 5.74) is 4.90. The Labute approximate surface area is 136 Å². The molecule has 2 aliphatic rings. The number of aromatic nitrogens is 2. The first-order valence-electron chi connectivity index (χ1n) is 7.08. The van der Waals surface area contributed by atoms with Gasteiger partial charge in [0.25, 0.3) is 0 Å². The number of hydrogen-bond donors (Lipinski definition) is 2. The van der Waals surface area contributed by atoms with E-state index in [1.165, 1.54) is 28.6 Å². The summed E-state index contributed by atoms with van der Waals surface area (Å²) in [6.07, 6.45) is -0.689. The molecule has 5 atom stereocenters. The van der Waals surface area contributed by atoms with E-state index in [1.54, 1.807) is 13.8 Å². The number of hydrogen-bond acceptors (Lipinski definition) is 9. The zero-order valence-corrected chi connectivity index (χ0v) is 14.3. The summed E-state index contributed by atoms with van der Waals surface area (Å²) in [6, 6.07) is 1.47. The van der Waals surface area contributed by atoms with Crippen LogP contribution in [0.3, 0.4) is 0 Å². The Balaban J connectivity index is 1.82. The molecule has 0 aliphatic carbocycles. The third-order valence-corrected chi connectivity index (χ3v) is 6.61. The van der Waals surface area contributed by atoms with Crippen LogP contribution in [0.1, 0.15) is 19.2 Å². The molecule has 1 aromatic heterocycles. The molecular weight excluding hydrogens is 345 g/mol. The molecule has 23 heavy (non-hydrogen) atoms. The third kappa shape index (κ3) is 3.33. The van der Waals surface area contributed by atoms with Crippen LogP contribution in [0.15, 0.2) is 17.1 Å². The Morgan fingerprint density at radius 1 is 1.61 bits per heavy atom. The molecule has 0 radical (unpaired) electrons. The number of nitrogens with zero attached hydrogens (tertiary/aromatic N) is 2. The lowest BCUT2D eigenvalue weighted by atomic mass is 10.1. The van der Waals surface area contributed by atoms with Crippen molar-refractivity contribution >= 4 is 25.4 Å². The van der Waals surface area contributed by atoms with Crippen molar-refractivity contribution in [2.24, 2.45) is 0 Å². The predicted molar refractivity (Wildman–Crippen MR) is 84.0 cm³/mol. The molecule has 3 rings (SSSR count). The van der Waals surface area contributed by atoms with Gasteiger partial charge in [-0.15, -0.1) is 11.8 Å². The highest BCUT2D eigenvalue weighted by Gasteiger charge is 2.53. The van der Waals surface area contributed by atoms with Crippen molar-refractivity contribution in [2.45, 2.75) is 42.8 Å². The summed E-state index contributed by atoms with van der Waals surface area (Å²) in [6.45, 7) is 3.52. The van der Waals surface area contributed by atoms with E-state index in [0.29, 0.717) is 0 Å². The molecule has 2 saturated heterocycles. The maximum Gasteiger partial charge on any atom is 0.475 e. The molecule has 128 valence electrons. The molecule has 3 heterocycles. The minimum absolute atomic E-state index is 0.101. The van der Waals surface area contributed by atoms with Crippen LogP contribution in [-0.4, -0.2) is 44.8 Å². The molecule has 0 spiro atoms. The number of phosphoric ester groups is 1. The van der Waals surface area contributed by atoms with Crippen LogP contribution in [0.5, 0.6) is 0 Å². The van der Waals surface area contributed by atoms with Gasteiger partial charge in [0.05, 0.1) is 18.0 Å². The van der Waals surface area contributed by atoms with Crippen molar-refractivity contribution in [3.05, 3.63) is 22.7 Å². The average Bonchev–Trinajstić information content (AvgIpc) is 2.75. The van der Waals surface area contributed by atoms with Crippen LogP contribution < -0.4 is 11.4 Å². The summed E-state index contributed by atoms with van der Waals surface area (Å²) < 4.78 is 29.5. The minimum atomic E-state index is -3.71. The van der Waals surface area contributed by atoms with Crippen LogP contribution in [0.4, 0.5) is 5.82 Å². The van der Waals surface area contributed by atoms with E-state index in [4.69, 9.17) is 19.3 Å². The zero-order valence-electron chi connectivity index (χ0n) is 12.6. The fourth-order valence-corrected chi connectivity index (χ4v) is 5.76. The summed E-state index contributed by atoms with van der Waals surface area (Å²) in [4.78, 5) is 15.6. The number of phosphoric acid groups is 1. The molecule has 1 unspecified atom stereocenters. The fourth-order valence-electron chi connectivity index (χ4n) is 2.49. The molecule has 11 heteroatoms. The van der Waals surface area contributed by atoms with Gasteiger partial charge in [0.2, 0.25) is 0 Å². The Hall–Kier alpha value is -0.900. The van der Waals surface area contributed by atoms with Gasteiger partial charge in [-0.05, 0) is 19.9 Å². The first kappa shape index (κ1) is 16.9. The van der Waals surface area contributed by atoms with E-state index in [1.807, 2.05) is 0 Å². The standard InChI is InChI=1S/C12H18N3O6PS/c1-6(2)20-22(18)19-5-7-10(21-22)9(16)11(23-7)15-4-3-8(13)14-12(15)17/h3-4,6-7,9-11,16H,5H2,1-2H3,(H2,13,14,17)/t7-,9+,10-,11-,22?/m1/s1. The van der Waals surface area contributed by atoms with Gasteiger partial charge in [0.15, 0.2) is 0 Å². The van der Waals surface area contributed by atoms with Gasteiger partial charge in [-0.25, -0.2) is 9.36 Å². The topological polar surface area (TPSA) is 126 Å². The predicted octanol–water partition coefficient (Wildman–Crippen LogP) is 0.749. The molecule has 0 amide bonds. The molecule has 2 aliphatic heterocycles. The molecular formula is C12H18N3O6PS. The van der Waals surface area contributed by atoms with E-state index >= 15 is 0 Å². The van der Waals surface area contributed by atoms with Gasteiger partial charge >= 0.3 is 13.5 Å². The summed E-state index contributed by atoms with van der Waals surface area (Å²) >= 11 is 1.30. The van der Waals surface area contributed by atoms with E-state index < -0.39 is 31.1 Å². The molecule has 9 nitrogen and oxygen atoms in total. The first-order chi connectivity index (χ1) is 10.8. The number of fused-ring (bicyclic) bond motifs is 1. The Bertz CT molecular complexity index is 698. The molecule has 1 aromatic rings. The zero-order chi connectivity index (χ0) is 16.8. The second-order valence-electron chi connectivity index (χ2n) is 5.57. The summed E-state index contributed by atoms with van der Waals surface area (Å²) in [7, 11) is -3.71. The number of anilines is 1. The lowest BCUT2D eigenvalue weighted by Crippen LogP contribution is -2.40. The lowest BCUT2D eigenvalue weighted by Gasteiger charge is -2.32. The average molecular weight is 363 g/mol. The number of nitrogens with two attached hydrogens (primary N) is 1. The third-order valence-electron chi connectivity index (χ3n) is 3.42. The van der Waals surface area contributed by atoms with Gasteiger partial charge in [0.1, 0.15) is 23.4 Å². The Morgan fingerprint density at radius 3 is 3.00 bits per heavy atom. The Kier molecular flexibility index (Phi) is 4.56. The van der Waals surface area contributed by atoms with E-state index in [9.17, 15) is 14.5 Å². The minimum Gasteiger partial charge on any atom is -0.387 e. The maximum absolute atomic E-state index is 12.4. The van der Waals surface area contributed by atoms with Crippen molar-refractivity contribution in [1.82, 2.24) is 9.55 Å². The molecule has 0 bridgehead atoms. The fraction of sp³-hybridized carbons (Fsp3) is 0.667.